The topological polar surface area (TPSA) is 86.3 Å². The van der Waals surface area contributed by atoms with Gasteiger partial charge in [-0.25, -0.2) is 0 Å². The first kappa shape index (κ1) is 24.2. The van der Waals surface area contributed by atoms with Crippen LogP contribution in [0.5, 0.6) is 0 Å². The number of rotatable bonds is 9. The summed E-state index contributed by atoms with van der Waals surface area (Å²) in [5.41, 5.74) is 3.80. The number of nitrogens with zero attached hydrogens (tertiary/aromatic N) is 4. The zero-order valence-electron chi connectivity index (χ0n) is 20.7. The van der Waals surface area contributed by atoms with Crippen LogP contribution in [0.1, 0.15) is 58.9 Å². The lowest BCUT2D eigenvalue weighted by Gasteiger charge is -2.21. The predicted octanol–water partition coefficient (Wildman–Crippen LogP) is 3.07. The Balaban J connectivity index is 1.52. The number of likely N-dealkylation sites (N-methyl/N-ethyl adjacent to an activating group) is 2. The van der Waals surface area contributed by atoms with E-state index in [1.807, 2.05) is 52.3 Å². The summed E-state index contributed by atoms with van der Waals surface area (Å²) in [7, 11) is 6.14. The molecular formula is C26H36N6O2. The van der Waals surface area contributed by atoms with Gasteiger partial charge in [0.1, 0.15) is 0 Å². The molecule has 0 aliphatic heterocycles. The first-order chi connectivity index (χ1) is 16.3. The highest BCUT2D eigenvalue weighted by atomic mass is 16.1. The number of benzene rings is 1. The van der Waals surface area contributed by atoms with E-state index in [1.165, 1.54) is 12.8 Å². The van der Waals surface area contributed by atoms with Gasteiger partial charge in [0, 0.05) is 42.8 Å². The maximum absolute atomic E-state index is 13.2. The highest BCUT2D eigenvalue weighted by Gasteiger charge is 2.21. The van der Waals surface area contributed by atoms with Gasteiger partial charge in [-0.15, -0.1) is 0 Å². The maximum atomic E-state index is 13.2. The molecule has 34 heavy (non-hydrogen) atoms. The molecule has 2 heterocycles. The largest absolute Gasteiger partial charge is 0.348 e. The molecule has 0 radical (unpaired) electrons. The van der Waals surface area contributed by atoms with Gasteiger partial charge in [-0.3, -0.25) is 14.3 Å². The van der Waals surface area contributed by atoms with E-state index in [9.17, 15) is 9.59 Å². The van der Waals surface area contributed by atoms with Gasteiger partial charge in [0.15, 0.2) is 0 Å². The molecule has 0 spiro atoms. The number of hydrogen-bond acceptors (Lipinski definition) is 5. The number of fused-ring (bicyclic) bond motifs is 1. The summed E-state index contributed by atoms with van der Waals surface area (Å²) in [6.45, 7) is 4.53. The summed E-state index contributed by atoms with van der Waals surface area (Å²) in [6, 6.07) is 8.18. The molecule has 0 unspecified atom stereocenters. The molecule has 182 valence electrons. The quantitative estimate of drug-likeness (QED) is 0.508. The summed E-state index contributed by atoms with van der Waals surface area (Å²) in [5.74, 6) is -0.191. The number of pyridine rings is 1. The molecule has 2 aromatic heterocycles. The number of hydrogen-bond donors (Lipinski definition) is 2. The Morgan fingerprint density at radius 1 is 1.21 bits per heavy atom. The van der Waals surface area contributed by atoms with E-state index in [1.54, 1.807) is 6.20 Å². The van der Waals surface area contributed by atoms with Crippen LogP contribution in [0.3, 0.4) is 0 Å². The summed E-state index contributed by atoms with van der Waals surface area (Å²) < 4.78 is 2.07. The summed E-state index contributed by atoms with van der Waals surface area (Å²) in [5, 5.41) is 8.45. The van der Waals surface area contributed by atoms with Crippen molar-refractivity contribution in [1.82, 2.24) is 29.9 Å². The summed E-state index contributed by atoms with van der Waals surface area (Å²) in [6.07, 6.45) is 6.52. The van der Waals surface area contributed by atoms with Crippen molar-refractivity contribution in [3.63, 3.8) is 0 Å². The van der Waals surface area contributed by atoms with E-state index in [2.05, 4.69) is 29.9 Å². The second-order valence-electron chi connectivity index (χ2n) is 9.77. The lowest BCUT2D eigenvalue weighted by Crippen LogP contribution is -2.32. The van der Waals surface area contributed by atoms with Crippen LogP contribution >= 0.6 is 0 Å². The number of carbonyl (C=O) groups is 1. The molecule has 1 amide bonds. The Kier molecular flexibility index (Phi) is 7.48. The molecule has 0 bridgehead atoms. The van der Waals surface area contributed by atoms with Crippen molar-refractivity contribution in [2.45, 2.75) is 51.7 Å². The molecule has 1 saturated carbocycles. The summed E-state index contributed by atoms with van der Waals surface area (Å²) >= 11 is 0. The summed E-state index contributed by atoms with van der Waals surface area (Å²) in [4.78, 5) is 33.2. The highest BCUT2D eigenvalue weighted by Crippen LogP contribution is 2.32. The molecule has 8 heteroatoms. The van der Waals surface area contributed by atoms with Crippen LogP contribution < -0.4 is 10.9 Å². The number of nitrogens with one attached hydrogen (secondary N) is 2. The van der Waals surface area contributed by atoms with Gasteiger partial charge in [-0.05, 0) is 64.7 Å². The zero-order chi connectivity index (χ0) is 24.2. The molecule has 0 saturated heterocycles. The zero-order valence-corrected chi connectivity index (χ0v) is 20.7. The second kappa shape index (κ2) is 10.5. The smallest absolute Gasteiger partial charge is 0.253 e. The fourth-order valence-electron chi connectivity index (χ4n) is 4.83. The van der Waals surface area contributed by atoms with Crippen LogP contribution in [-0.2, 0) is 13.1 Å². The molecule has 1 fully saturated rings. The van der Waals surface area contributed by atoms with Crippen molar-refractivity contribution in [1.29, 1.82) is 0 Å². The fraction of sp³-hybridized carbons (Fsp3) is 0.500. The Bertz CT molecular complexity index is 1210. The van der Waals surface area contributed by atoms with Gasteiger partial charge < -0.3 is 20.1 Å². The number of aromatic amines is 1. The average molecular weight is 465 g/mol. The molecule has 0 atom stereocenters. The predicted molar refractivity (Wildman–Crippen MR) is 135 cm³/mol. The van der Waals surface area contributed by atoms with E-state index in [-0.39, 0.29) is 18.0 Å². The SMILES string of the molecule is Cc1cc(CN(C)CCN(C)C)c(CNC(=O)c2cccc3c2cnn3C2CCCC2)c(=O)[nH]1. The number of carbonyl (C=O) groups excluding carboxylic acids is 1. The number of aryl methyl sites for hydroxylation is 1. The molecular weight excluding hydrogens is 428 g/mol. The second-order valence-corrected chi connectivity index (χ2v) is 9.77. The van der Waals surface area contributed by atoms with E-state index in [0.29, 0.717) is 23.7 Å². The van der Waals surface area contributed by atoms with Crippen molar-refractivity contribution in [3.8, 4) is 0 Å². The Morgan fingerprint density at radius 2 is 1.97 bits per heavy atom. The molecule has 1 aromatic carbocycles. The van der Waals surface area contributed by atoms with Crippen LogP contribution in [0, 0.1) is 6.92 Å². The van der Waals surface area contributed by atoms with Gasteiger partial charge in [-0.2, -0.15) is 5.10 Å². The van der Waals surface area contributed by atoms with E-state index in [0.717, 1.165) is 48.1 Å². The fourth-order valence-corrected chi connectivity index (χ4v) is 4.83. The maximum Gasteiger partial charge on any atom is 0.253 e. The minimum atomic E-state index is -0.191. The first-order valence-electron chi connectivity index (χ1n) is 12.1. The lowest BCUT2D eigenvalue weighted by atomic mass is 10.1. The van der Waals surface area contributed by atoms with Crippen molar-refractivity contribution >= 4 is 16.8 Å². The molecule has 4 rings (SSSR count). The third-order valence-electron chi connectivity index (χ3n) is 6.71. The minimum Gasteiger partial charge on any atom is -0.348 e. The van der Waals surface area contributed by atoms with Crippen LogP contribution in [0.2, 0.25) is 0 Å². The third kappa shape index (κ3) is 5.39. The lowest BCUT2D eigenvalue weighted by molar-refractivity contribution is 0.0952. The highest BCUT2D eigenvalue weighted by molar-refractivity contribution is 6.06. The van der Waals surface area contributed by atoms with Crippen molar-refractivity contribution in [2.75, 3.05) is 34.2 Å². The molecule has 2 N–H and O–H groups in total. The Labute approximate surface area is 200 Å². The number of aromatic nitrogens is 3. The molecule has 8 nitrogen and oxygen atoms in total. The molecule has 1 aliphatic rings. The van der Waals surface area contributed by atoms with Gasteiger partial charge in [-0.1, -0.05) is 18.9 Å². The van der Waals surface area contributed by atoms with Gasteiger partial charge in [0.05, 0.1) is 23.3 Å². The van der Waals surface area contributed by atoms with Crippen molar-refractivity contribution < 1.29 is 4.79 Å². The van der Waals surface area contributed by atoms with E-state index < -0.39 is 0 Å². The van der Waals surface area contributed by atoms with Crippen LogP contribution in [0.25, 0.3) is 10.9 Å². The van der Waals surface area contributed by atoms with Crippen LogP contribution in [-0.4, -0.2) is 64.7 Å². The van der Waals surface area contributed by atoms with E-state index in [4.69, 9.17) is 0 Å². The van der Waals surface area contributed by atoms with Crippen molar-refractivity contribution in [3.05, 3.63) is 63.2 Å². The first-order valence-corrected chi connectivity index (χ1v) is 12.1. The van der Waals surface area contributed by atoms with Crippen LogP contribution in [0.15, 0.2) is 35.3 Å². The Morgan fingerprint density at radius 3 is 2.71 bits per heavy atom. The number of amides is 1. The number of H-pyrrole nitrogens is 1. The normalized spacial score (nSPS) is 14.5. The van der Waals surface area contributed by atoms with Crippen LogP contribution in [0.4, 0.5) is 0 Å². The van der Waals surface area contributed by atoms with Gasteiger partial charge >= 0.3 is 0 Å². The molecule has 1 aliphatic carbocycles. The third-order valence-corrected chi connectivity index (χ3v) is 6.71. The average Bonchev–Trinajstić information content (AvgIpc) is 3.46. The molecule has 3 aromatic rings. The van der Waals surface area contributed by atoms with Gasteiger partial charge in [0.25, 0.3) is 11.5 Å². The van der Waals surface area contributed by atoms with E-state index >= 15 is 0 Å². The monoisotopic (exact) mass is 464 g/mol. The Hall–Kier alpha value is -2.97. The van der Waals surface area contributed by atoms with Crippen molar-refractivity contribution in [2.24, 2.45) is 0 Å². The standard InChI is InChI=1S/C26H36N6O2/c1-18-14-19(17-31(4)13-12-30(2)3)22(26(34)29-18)15-27-25(33)21-10-7-11-24-23(21)16-28-32(24)20-8-5-6-9-20/h7,10-11,14,16,20H,5-6,8-9,12-13,15,17H2,1-4H3,(H,27,33)(H,29,34). The minimum absolute atomic E-state index is 0.149. The van der Waals surface area contributed by atoms with Gasteiger partial charge in [0.2, 0.25) is 0 Å².